The highest BCUT2D eigenvalue weighted by molar-refractivity contribution is 9.10. The molecule has 0 aliphatic carbocycles. The number of esters is 1. The van der Waals surface area contributed by atoms with Crippen LogP contribution in [-0.4, -0.2) is 39.2 Å². The standard InChI is InChI=1S/C20H16BrNO3.C3H8O/c1-25-19(23)12-22-20(24)17-10-9-14(21)11-18(17)16-8-4-6-13-5-2-3-7-15(13)16;1-3-4-2/h2-11H,12H2,1H3,(H,22,24);3H2,1-2H3. The fraction of sp³-hybridized carbons (Fsp3) is 0.217. The van der Waals surface area contributed by atoms with E-state index >= 15 is 0 Å². The van der Waals surface area contributed by atoms with Gasteiger partial charge >= 0.3 is 5.97 Å². The second kappa shape index (κ2) is 11.3. The van der Waals surface area contributed by atoms with Crippen molar-refractivity contribution >= 4 is 38.6 Å². The lowest BCUT2D eigenvalue weighted by Crippen LogP contribution is -2.30. The molecule has 1 amide bonds. The van der Waals surface area contributed by atoms with Gasteiger partial charge in [0.1, 0.15) is 6.54 Å². The summed E-state index contributed by atoms with van der Waals surface area (Å²) in [5.41, 5.74) is 2.26. The Bertz CT molecular complexity index is 980. The first kappa shape index (κ1) is 22.6. The second-order valence-corrected chi connectivity index (χ2v) is 6.97. The highest BCUT2D eigenvalue weighted by Crippen LogP contribution is 2.33. The number of ether oxygens (including phenoxy) is 2. The Morgan fingerprint density at radius 3 is 2.34 bits per heavy atom. The summed E-state index contributed by atoms with van der Waals surface area (Å²) >= 11 is 3.47. The average Bonchev–Trinajstić information content (AvgIpc) is 2.76. The molecule has 3 aromatic carbocycles. The van der Waals surface area contributed by atoms with Crippen molar-refractivity contribution in [1.82, 2.24) is 5.32 Å². The molecule has 0 aliphatic heterocycles. The van der Waals surface area contributed by atoms with Gasteiger partial charge in [-0.05, 0) is 47.0 Å². The average molecular weight is 458 g/mol. The van der Waals surface area contributed by atoms with Crippen LogP contribution in [0.15, 0.2) is 65.1 Å². The second-order valence-electron chi connectivity index (χ2n) is 6.05. The van der Waals surface area contributed by atoms with Gasteiger partial charge in [-0.15, -0.1) is 0 Å². The van der Waals surface area contributed by atoms with Crippen LogP contribution >= 0.6 is 15.9 Å². The molecule has 0 aromatic heterocycles. The van der Waals surface area contributed by atoms with Crippen molar-refractivity contribution in [2.24, 2.45) is 0 Å². The smallest absolute Gasteiger partial charge is 0.325 e. The summed E-state index contributed by atoms with van der Waals surface area (Å²) in [5, 5.41) is 4.76. The number of methoxy groups -OCH3 is 2. The first-order valence-corrected chi connectivity index (χ1v) is 9.92. The number of hydrogen-bond acceptors (Lipinski definition) is 4. The van der Waals surface area contributed by atoms with Gasteiger partial charge in [0.25, 0.3) is 5.91 Å². The number of rotatable bonds is 5. The number of hydrogen-bond donors (Lipinski definition) is 1. The van der Waals surface area contributed by atoms with Crippen LogP contribution in [0, 0.1) is 0 Å². The van der Waals surface area contributed by atoms with Crippen molar-refractivity contribution in [3.05, 3.63) is 70.7 Å². The SMILES string of the molecule is CCOC.COC(=O)CNC(=O)c1ccc(Br)cc1-c1cccc2ccccc12. The van der Waals surface area contributed by atoms with Crippen LogP contribution in [0.25, 0.3) is 21.9 Å². The Kier molecular flexibility index (Phi) is 8.83. The molecule has 3 rings (SSSR count). The predicted molar refractivity (Wildman–Crippen MR) is 119 cm³/mol. The van der Waals surface area contributed by atoms with E-state index in [0.717, 1.165) is 33.0 Å². The van der Waals surface area contributed by atoms with Gasteiger partial charge in [0.05, 0.1) is 7.11 Å². The molecule has 0 saturated heterocycles. The first-order chi connectivity index (χ1) is 14.0. The van der Waals surface area contributed by atoms with Gasteiger partial charge in [-0.3, -0.25) is 9.59 Å². The zero-order chi connectivity index (χ0) is 21.2. The first-order valence-electron chi connectivity index (χ1n) is 9.13. The summed E-state index contributed by atoms with van der Waals surface area (Å²) in [6, 6.07) is 19.5. The van der Waals surface area contributed by atoms with Crippen LogP contribution in [0.4, 0.5) is 0 Å². The van der Waals surface area contributed by atoms with Crippen molar-refractivity contribution in [2.45, 2.75) is 6.92 Å². The maximum Gasteiger partial charge on any atom is 0.325 e. The predicted octanol–water partition coefficient (Wildman–Crippen LogP) is 4.82. The van der Waals surface area contributed by atoms with Crippen molar-refractivity contribution in [2.75, 3.05) is 27.4 Å². The fourth-order valence-electron chi connectivity index (χ4n) is 2.72. The number of carbonyl (C=O) groups is 2. The molecule has 0 unspecified atom stereocenters. The molecule has 0 heterocycles. The summed E-state index contributed by atoms with van der Waals surface area (Å²) < 4.78 is 9.98. The van der Waals surface area contributed by atoms with Gasteiger partial charge in [0, 0.05) is 23.8 Å². The molecule has 6 heteroatoms. The monoisotopic (exact) mass is 457 g/mol. The molecule has 1 N–H and O–H groups in total. The Morgan fingerprint density at radius 1 is 0.966 bits per heavy atom. The van der Waals surface area contributed by atoms with E-state index in [1.54, 1.807) is 13.2 Å². The number of benzene rings is 3. The summed E-state index contributed by atoms with van der Waals surface area (Å²) in [5.74, 6) is -0.807. The van der Waals surface area contributed by atoms with E-state index in [1.807, 2.05) is 61.5 Å². The van der Waals surface area contributed by atoms with Gasteiger partial charge in [0.15, 0.2) is 0 Å². The van der Waals surface area contributed by atoms with E-state index in [9.17, 15) is 9.59 Å². The summed E-state index contributed by atoms with van der Waals surface area (Å²) in [6.07, 6.45) is 0. The van der Waals surface area contributed by atoms with E-state index in [-0.39, 0.29) is 12.5 Å². The third-order valence-electron chi connectivity index (χ3n) is 4.22. The van der Waals surface area contributed by atoms with Gasteiger partial charge in [-0.2, -0.15) is 0 Å². The number of nitrogens with one attached hydrogen (secondary N) is 1. The van der Waals surface area contributed by atoms with Crippen LogP contribution in [0.2, 0.25) is 0 Å². The zero-order valence-electron chi connectivity index (χ0n) is 16.7. The quantitative estimate of drug-likeness (QED) is 0.557. The molecule has 0 bridgehead atoms. The molecule has 0 spiro atoms. The Morgan fingerprint density at radius 2 is 1.66 bits per heavy atom. The van der Waals surface area contributed by atoms with Crippen molar-refractivity contribution in [1.29, 1.82) is 0 Å². The van der Waals surface area contributed by atoms with Gasteiger partial charge in [-0.1, -0.05) is 58.4 Å². The molecule has 0 fully saturated rings. The normalized spacial score (nSPS) is 10.1. The third-order valence-corrected chi connectivity index (χ3v) is 4.71. The van der Waals surface area contributed by atoms with Crippen molar-refractivity contribution in [3.63, 3.8) is 0 Å². The molecular weight excluding hydrogens is 434 g/mol. The van der Waals surface area contributed by atoms with Crippen LogP contribution in [0.5, 0.6) is 0 Å². The Hall–Kier alpha value is -2.70. The molecule has 5 nitrogen and oxygen atoms in total. The van der Waals surface area contributed by atoms with Crippen LogP contribution in [-0.2, 0) is 14.3 Å². The van der Waals surface area contributed by atoms with Crippen molar-refractivity contribution < 1.29 is 19.1 Å². The lowest BCUT2D eigenvalue weighted by atomic mass is 9.94. The van der Waals surface area contributed by atoms with Crippen LogP contribution < -0.4 is 5.32 Å². The summed E-state index contributed by atoms with van der Waals surface area (Å²) in [4.78, 5) is 23.9. The minimum Gasteiger partial charge on any atom is -0.468 e. The highest BCUT2D eigenvalue weighted by Gasteiger charge is 2.16. The molecule has 0 aliphatic rings. The van der Waals surface area contributed by atoms with Gasteiger partial charge in [-0.25, -0.2) is 0 Å². The third kappa shape index (κ3) is 6.14. The van der Waals surface area contributed by atoms with E-state index in [4.69, 9.17) is 0 Å². The van der Waals surface area contributed by atoms with Crippen LogP contribution in [0.3, 0.4) is 0 Å². The Labute approximate surface area is 179 Å². The molecule has 152 valence electrons. The molecule has 29 heavy (non-hydrogen) atoms. The molecule has 0 radical (unpaired) electrons. The van der Waals surface area contributed by atoms with Crippen LogP contribution in [0.1, 0.15) is 17.3 Å². The molecular formula is C23H24BrNO4. The number of halogens is 1. The fourth-order valence-corrected chi connectivity index (χ4v) is 3.08. The number of carbonyl (C=O) groups excluding carboxylic acids is 2. The Balaban J connectivity index is 0.000000687. The van der Waals surface area contributed by atoms with Gasteiger partial charge in [0.2, 0.25) is 0 Å². The van der Waals surface area contributed by atoms with E-state index in [1.165, 1.54) is 7.11 Å². The largest absolute Gasteiger partial charge is 0.468 e. The minimum atomic E-state index is -0.489. The van der Waals surface area contributed by atoms with E-state index in [2.05, 4.69) is 30.7 Å². The molecule has 0 saturated carbocycles. The highest BCUT2D eigenvalue weighted by atomic mass is 79.9. The topological polar surface area (TPSA) is 64.6 Å². The number of fused-ring (bicyclic) bond motifs is 1. The molecule has 3 aromatic rings. The van der Waals surface area contributed by atoms with Crippen molar-refractivity contribution in [3.8, 4) is 11.1 Å². The summed E-state index contributed by atoms with van der Waals surface area (Å²) in [6.45, 7) is 2.61. The number of amides is 1. The minimum absolute atomic E-state index is 0.166. The lowest BCUT2D eigenvalue weighted by Gasteiger charge is -2.13. The van der Waals surface area contributed by atoms with E-state index < -0.39 is 5.97 Å². The zero-order valence-corrected chi connectivity index (χ0v) is 18.3. The molecule has 0 atom stereocenters. The summed E-state index contributed by atoms with van der Waals surface area (Å²) in [7, 11) is 2.97. The maximum atomic E-state index is 12.6. The lowest BCUT2D eigenvalue weighted by molar-refractivity contribution is -0.139. The van der Waals surface area contributed by atoms with Gasteiger partial charge < -0.3 is 14.8 Å². The van der Waals surface area contributed by atoms with E-state index in [0.29, 0.717) is 5.56 Å². The maximum absolute atomic E-state index is 12.6.